The van der Waals surface area contributed by atoms with E-state index in [2.05, 4.69) is 26.2 Å². The van der Waals surface area contributed by atoms with Gasteiger partial charge in [0.15, 0.2) is 0 Å². The van der Waals surface area contributed by atoms with Crippen LogP contribution < -0.4 is 10.1 Å². The third-order valence-corrected chi connectivity index (χ3v) is 4.38. The highest BCUT2D eigenvalue weighted by molar-refractivity contribution is 9.10. The lowest BCUT2D eigenvalue weighted by molar-refractivity contribution is 0.102. The van der Waals surface area contributed by atoms with Crippen LogP contribution in [0.4, 0.5) is 5.69 Å². The van der Waals surface area contributed by atoms with Crippen molar-refractivity contribution in [1.82, 2.24) is 9.38 Å². The first-order valence-electron chi connectivity index (χ1n) is 7.35. The number of amides is 1. The lowest BCUT2D eigenvalue weighted by Gasteiger charge is -2.09. The number of imidazole rings is 1. The number of carbonyl (C=O) groups is 1. The summed E-state index contributed by atoms with van der Waals surface area (Å²) in [4.78, 5) is 17.3. The quantitative estimate of drug-likeness (QED) is 0.688. The Morgan fingerprint density at radius 3 is 2.83 bits per heavy atom. The second-order valence-electron chi connectivity index (χ2n) is 5.14. The first-order valence-corrected chi connectivity index (χ1v) is 8.52. The maximum atomic E-state index is 12.8. The molecule has 0 unspecified atom stereocenters. The Hall–Kier alpha value is -2.05. The Morgan fingerprint density at radius 1 is 1.38 bits per heavy atom. The zero-order valence-corrected chi connectivity index (χ0v) is 15.5. The van der Waals surface area contributed by atoms with Gasteiger partial charge < -0.3 is 10.1 Å². The summed E-state index contributed by atoms with van der Waals surface area (Å²) >= 11 is 9.54. The normalized spacial score (nSPS) is 10.8. The zero-order valence-electron chi connectivity index (χ0n) is 13.1. The van der Waals surface area contributed by atoms with Crippen molar-refractivity contribution in [2.75, 3.05) is 12.4 Å². The van der Waals surface area contributed by atoms with Gasteiger partial charge in [-0.15, -0.1) is 0 Å². The highest BCUT2D eigenvalue weighted by atomic mass is 79.9. The van der Waals surface area contributed by atoms with Crippen LogP contribution in [0.5, 0.6) is 5.75 Å². The van der Waals surface area contributed by atoms with Crippen LogP contribution >= 0.6 is 27.5 Å². The molecule has 0 fully saturated rings. The Balaban J connectivity index is 1.99. The van der Waals surface area contributed by atoms with Gasteiger partial charge in [-0.1, -0.05) is 18.5 Å². The van der Waals surface area contributed by atoms with Crippen molar-refractivity contribution < 1.29 is 9.53 Å². The number of carbonyl (C=O) groups excluding carboxylic acids is 1. The summed E-state index contributed by atoms with van der Waals surface area (Å²) in [6, 6.07) is 8.87. The Kier molecular flexibility index (Phi) is 4.78. The minimum Gasteiger partial charge on any atom is -0.495 e. The molecule has 2 aromatic heterocycles. The van der Waals surface area contributed by atoms with Gasteiger partial charge in [0.05, 0.1) is 17.8 Å². The minimum absolute atomic E-state index is 0.237. The van der Waals surface area contributed by atoms with Gasteiger partial charge >= 0.3 is 0 Å². The summed E-state index contributed by atoms with van der Waals surface area (Å²) in [5.41, 5.74) is 2.58. The second-order valence-corrected chi connectivity index (χ2v) is 6.46. The van der Waals surface area contributed by atoms with E-state index in [1.807, 2.05) is 25.3 Å². The molecule has 5 nitrogen and oxygen atoms in total. The van der Waals surface area contributed by atoms with Gasteiger partial charge in [-0.2, -0.15) is 0 Å². The molecular weight excluding hydrogens is 394 g/mol. The number of nitrogens with zero attached hydrogens (tertiary/aromatic N) is 2. The van der Waals surface area contributed by atoms with Gasteiger partial charge in [-0.25, -0.2) is 4.98 Å². The maximum absolute atomic E-state index is 12.8. The zero-order chi connectivity index (χ0) is 17.3. The summed E-state index contributed by atoms with van der Waals surface area (Å²) in [6.07, 6.45) is 2.49. The molecule has 0 saturated carbocycles. The number of rotatable bonds is 4. The molecule has 0 aliphatic carbocycles. The van der Waals surface area contributed by atoms with Crippen LogP contribution in [-0.2, 0) is 6.42 Å². The van der Waals surface area contributed by atoms with Gasteiger partial charge in [0.2, 0.25) is 0 Å². The number of hydrogen-bond donors (Lipinski definition) is 1. The van der Waals surface area contributed by atoms with Gasteiger partial charge in [0.25, 0.3) is 5.91 Å². The third-order valence-electron chi connectivity index (χ3n) is 3.61. The molecule has 1 amide bonds. The van der Waals surface area contributed by atoms with E-state index in [1.54, 1.807) is 29.7 Å². The fourth-order valence-electron chi connectivity index (χ4n) is 2.49. The van der Waals surface area contributed by atoms with E-state index in [4.69, 9.17) is 16.3 Å². The summed E-state index contributed by atoms with van der Waals surface area (Å²) in [5.74, 6) is 0.321. The number of benzene rings is 1. The van der Waals surface area contributed by atoms with Crippen LogP contribution in [0.1, 0.15) is 23.1 Å². The van der Waals surface area contributed by atoms with Crippen molar-refractivity contribution in [1.29, 1.82) is 0 Å². The lowest BCUT2D eigenvalue weighted by Crippen LogP contribution is -2.16. The summed E-state index contributed by atoms with van der Waals surface area (Å²) < 4.78 is 7.77. The number of hydrogen-bond acceptors (Lipinski definition) is 3. The van der Waals surface area contributed by atoms with Crippen molar-refractivity contribution in [2.45, 2.75) is 13.3 Å². The van der Waals surface area contributed by atoms with Gasteiger partial charge in [-0.05, 0) is 52.7 Å². The molecule has 0 aliphatic rings. The van der Waals surface area contributed by atoms with Crippen LogP contribution in [0.3, 0.4) is 0 Å². The average molecular weight is 409 g/mol. The van der Waals surface area contributed by atoms with Gasteiger partial charge in [-0.3, -0.25) is 9.20 Å². The number of methoxy groups -OCH3 is 1. The number of anilines is 1. The van der Waals surface area contributed by atoms with Crippen LogP contribution in [0.15, 0.2) is 41.0 Å². The first kappa shape index (κ1) is 16.8. The SMILES string of the molecule is CCc1nc2ccc(Br)cn2c1C(=O)Nc1ccc(OC)c(Cl)c1. The number of aromatic nitrogens is 2. The fourth-order valence-corrected chi connectivity index (χ4v) is 3.08. The second kappa shape index (κ2) is 6.83. The molecule has 7 heteroatoms. The predicted octanol–water partition coefficient (Wildman–Crippen LogP) is 4.57. The first-order chi connectivity index (χ1) is 11.5. The maximum Gasteiger partial charge on any atom is 0.274 e. The van der Waals surface area contributed by atoms with Gasteiger partial charge in [0.1, 0.15) is 17.1 Å². The minimum atomic E-state index is -0.237. The lowest BCUT2D eigenvalue weighted by atomic mass is 10.2. The van der Waals surface area contributed by atoms with Crippen LogP contribution in [0, 0.1) is 0 Å². The highest BCUT2D eigenvalue weighted by Gasteiger charge is 2.19. The Labute approximate surface area is 152 Å². The smallest absolute Gasteiger partial charge is 0.274 e. The molecule has 0 saturated heterocycles. The van der Waals surface area contributed by atoms with Gasteiger partial charge in [0, 0.05) is 16.4 Å². The third kappa shape index (κ3) is 3.12. The van der Waals surface area contributed by atoms with Crippen LogP contribution in [0.25, 0.3) is 5.65 Å². The standard InChI is InChI=1S/C17H15BrClN3O2/c1-3-13-16(22-9-10(18)4-7-15(22)21-13)17(23)20-11-5-6-14(24-2)12(19)8-11/h4-9H,3H2,1-2H3,(H,20,23). The molecule has 1 aromatic carbocycles. The molecule has 124 valence electrons. The molecule has 0 atom stereocenters. The average Bonchev–Trinajstić information content (AvgIpc) is 2.92. The summed E-state index contributed by atoms with van der Waals surface area (Å²) in [7, 11) is 1.54. The number of pyridine rings is 1. The van der Waals surface area contributed by atoms with Crippen molar-refractivity contribution in [3.05, 3.63) is 57.4 Å². The number of halogens is 2. The van der Waals surface area contributed by atoms with Crippen molar-refractivity contribution in [3.63, 3.8) is 0 Å². The molecule has 3 rings (SSSR count). The van der Waals surface area contributed by atoms with E-state index in [9.17, 15) is 4.79 Å². The summed E-state index contributed by atoms with van der Waals surface area (Å²) in [6.45, 7) is 1.97. The molecule has 2 heterocycles. The topological polar surface area (TPSA) is 55.6 Å². The number of fused-ring (bicyclic) bond motifs is 1. The predicted molar refractivity (Wildman–Crippen MR) is 98.2 cm³/mol. The molecule has 1 N–H and O–H groups in total. The molecule has 0 radical (unpaired) electrons. The monoisotopic (exact) mass is 407 g/mol. The van der Waals surface area contributed by atoms with Crippen molar-refractivity contribution in [2.24, 2.45) is 0 Å². The van der Waals surface area contributed by atoms with Crippen LogP contribution in [-0.4, -0.2) is 22.4 Å². The summed E-state index contributed by atoms with van der Waals surface area (Å²) in [5, 5.41) is 3.30. The highest BCUT2D eigenvalue weighted by Crippen LogP contribution is 2.28. The van der Waals surface area contributed by atoms with E-state index in [-0.39, 0.29) is 5.91 Å². The van der Waals surface area contributed by atoms with E-state index in [0.29, 0.717) is 28.6 Å². The number of nitrogens with one attached hydrogen (secondary N) is 1. The number of ether oxygens (including phenoxy) is 1. The Bertz CT molecular complexity index is 924. The fraction of sp³-hybridized carbons (Fsp3) is 0.176. The molecular formula is C17H15BrClN3O2. The molecule has 0 aliphatic heterocycles. The van der Waals surface area contributed by atoms with Crippen molar-refractivity contribution >= 4 is 44.8 Å². The van der Waals surface area contributed by atoms with Crippen LogP contribution in [0.2, 0.25) is 5.02 Å². The largest absolute Gasteiger partial charge is 0.495 e. The number of aryl methyl sites for hydroxylation is 1. The Morgan fingerprint density at radius 2 is 2.17 bits per heavy atom. The molecule has 0 spiro atoms. The molecule has 3 aromatic rings. The van der Waals surface area contributed by atoms with E-state index in [1.165, 1.54) is 0 Å². The molecule has 0 bridgehead atoms. The molecule has 24 heavy (non-hydrogen) atoms. The van der Waals surface area contributed by atoms with Crippen molar-refractivity contribution in [3.8, 4) is 5.75 Å². The van der Waals surface area contributed by atoms with E-state index < -0.39 is 0 Å². The van der Waals surface area contributed by atoms with E-state index in [0.717, 1.165) is 15.8 Å². The van der Waals surface area contributed by atoms with E-state index >= 15 is 0 Å².